The number of benzene rings is 1. The van der Waals surface area contributed by atoms with Gasteiger partial charge in [-0.1, -0.05) is 6.07 Å². The number of anilines is 3. The van der Waals surface area contributed by atoms with Gasteiger partial charge in [-0.3, -0.25) is 4.79 Å². The van der Waals surface area contributed by atoms with Gasteiger partial charge in [0.2, 0.25) is 5.95 Å². The van der Waals surface area contributed by atoms with Gasteiger partial charge in [0.25, 0.3) is 5.91 Å². The van der Waals surface area contributed by atoms with Crippen LogP contribution in [0.4, 0.5) is 17.5 Å². The first-order valence-corrected chi connectivity index (χ1v) is 8.57. The number of hydrogen-bond donors (Lipinski definition) is 4. The van der Waals surface area contributed by atoms with E-state index in [0.717, 1.165) is 11.4 Å². The molecule has 2 aromatic heterocycles. The quantitative estimate of drug-likeness (QED) is 0.427. The van der Waals surface area contributed by atoms with Gasteiger partial charge in [0.05, 0.1) is 12.9 Å². The highest BCUT2D eigenvalue weighted by molar-refractivity contribution is 5.98. The molecule has 10 nitrogen and oxygen atoms in total. The highest BCUT2D eigenvalue weighted by Crippen LogP contribution is 2.21. The van der Waals surface area contributed by atoms with Crippen molar-refractivity contribution in [3.05, 3.63) is 54.7 Å². The lowest BCUT2D eigenvalue weighted by molar-refractivity contribution is 0.100. The number of nitrogens with two attached hydrogens (primary N) is 2. The number of ether oxygens (including phenoxy) is 1. The van der Waals surface area contributed by atoms with Gasteiger partial charge < -0.3 is 31.4 Å². The molecule has 0 spiro atoms. The molecule has 0 aliphatic heterocycles. The van der Waals surface area contributed by atoms with Crippen LogP contribution in [0.2, 0.25) is 0 Å². The minimum Gasteiger partial charge on any atom is -0.383 e. The number of carbonyl (C=O) groups is 1. The molecule has 3 rings (SSSR count). The highest BCUT2D eigenvalue weighted by atomic mass is 16.5. The van der Waals surface area contributed by atoms with Crippen LogP contribution in [0.3, 0.4) is 0 Å². The molecular weight excluding hydrogens is 360 g/mol. The third-order valence-corrected chi connectivity index (χ3v) is 3.87. The normalized spacial score (nSPS) is 11.8. The summed E-state index contributed by atoms with van der Waals surface area (Å²) < 4.78 is 6.87. The van der Waals surface area contributed by atoms with E-state index < -0.39 is 5.91 Å². The Bertz CT molecular complexity index is 929. The molecule has 3 aromatic rings. The van der Waals surface area contributed by atoms with Crippen molar-refractivity contribution in [1.29, 1.82) is 0 Å². The first-order chi connectivity index (χ1) is 13.6. The summed E-state index contributed by atoms with van der Waals surface area (Å²) in [7, 11) is 1.58. The average Bonchev–Trinajstić information content (AvgIpc) is 3.22. The Morgan fingerprint density at radius 2 is 2.25 bits per heavy atom. The van der Waals surface area contributed by atoms with E-state index in [1.807, 2.05) is 35.0 Å². The summed E-state index contributed by atoms with van der Waals surface area (Å²) in [6, 6.07) is 7.36. The number of hydrogen-bond acceptors (Lipinski definition) is 8. The molecule has 146 valence electrons. The predicted octanol–water partition coefficient (Wildman–Crippen LogP) is 0.890. The lowest BCUT2D eigenvalue weighted by atomic mass is 10.2. The van der Waals surface area contributed by atoms with E-state index >= 15 is 0 Å². The van der Waals surface area contributed by atoms with Crippen LogP contribution in [0.15, 0.2) is 49.2 Å². The fourth-order valence-electron chi connectivity index (χ4n) is 2.53. The Morgan fingerprint density at radius 1 is 1.39 bits per heavy atom. The Kier molecular flexibility index (Phi) is 6.14. The van der Waals surface area contributed by atoms with Crippen LogP contribution in [0.1, 0.15) is 10.4 Å². The van der Waals surface area contributed by atoms with Crippen molar-refractivity contribution in [1.82, 2.24) is 19.5 Å². The molecule has 1 unspecified atom stereocenters. The largest absolute Gasteiger partial charge is 0.383 e. The topological polar surface area (TPSA) is 146 Å². The van der Waals surface area contributed by atoms with Crippen molar-refractivity contribution < 1.29 is 9.53 Å². The smallest absolute Gasteiger partial charge is 0.254 e. The van der Waals surface area contributed by atoms with Gasteiger partial charge in [0.1, 0.15) is 11.4 Å². The van der Waals surface area contributed by atoms with Crippen LogP contribution >= 0.6 is 0 Å². The van der Waals surface area contributed by atoms with E-state index in [4.69, 9.17) is 16.2 Å². The number of rotatable bonds is 9. The zero-order chi connectivity index (χ0) is 19.9. The van der Waals surface area contributed by atoms with Gasteiger partial charge in [-0.2, -0.15) is 4.98 Å². The Balaban J connectivity index is 1.82. The maximum atomic E-state index is 11.8. The zero-order valence-corrected chi connectivity index (χ0v) is 15.4. The number of nitrogens with one attached hydrogen (secondary N) is 2. The van der Waals surface area contributed by atoms with Crippen LogP contribution in [-0.2, 0) is 4.74 Å². The summed E-state index contributed by atoms with van der Waals surface area (Å²) in [4.78, 5) is 24.3. The lowest BCUT2D eigenvalue weighted by Gasteiger charge is -2.14. The summed E-state index contributed by atoms with van der Waals surface area (Å²) in [6.07, 6.45) is 6.61. The van der Waals surface area contributed by atoms with Crippen molar-refractivity contribution in [2.45, 2.75) is 6.04 Å². The standard InChI is InChI=1S/C18H22N8O2/c1-28-10-12(19)8-22-18-23-9-15(16(20)27)17(25-18)24-13-3-2-4-14(7-13)26-6-5-21-11-26/h2-7,9,11-12H,8,10,19H2,1H3,(H2,20,27)(H2,22,23,24,25). The molecule has 0 saturated heterocycles. The fraction of sp³-hybridized carbons (Fsp3) is 0.222. The van der Waals surface area contributed by atoms with Crippen molar-refractivity contribution in [3.8, 4) is 5.69 Å². The zero-order valence-electron chi connectivity index (χ0n) is 15.4. The number of imidazole rings is 1. The molecule has 10 heteroatoms. The third kappa shape index (κ3) is 4.81. The van der Waals surface area contributed by atoms with Crippen LogP contribution in [0.5, 0.6) is 0 Å². The molecule has 28 heavy (non-hydrogen) atoms. The first-order valence-electron chi connectivity index (χ1n) is 8.57. The van der Waals surface area contributed by atoms with Crippen molar-refractivity contribution >= 4 is 23.4 Å². The maximum absolute atomic E-state index is 11.8. The molecule has 0 aliphatic rings. The second kappa shape index (κ2) is 8.93. The molecular formula is C18H22N8O2. The number of primary amides is 1. The molecule has 6 N–H and O–H groups in total. The van der Waals surface area contributed by atoms with Crippen LogP contribution in [0.25, 0.3) is 5.69 Å². The molecule has 1 aromatic carbocycles. The minimum atomic E-state index is -0.629. The monoisotopic (exact) mass is 382 g/mol. The van der Waals surface area contributed by atoms with Crippen LogP contribution in [-0.4, -0.2) is 51.7 Å². The Labute approximate surface area is 162 Å². The molecule has 1 atom stereocenters. The first kappa shape index (κ1) is 19.3. The van der Waals surface area contributed by atoms with E-state index in [9.17, 15) is 4.79 Å². The van der Waals surface area contributed by atoms with Crippen LogP contribution in [0, 0.1) is 0 Å². The molecule has 2 heterocycles. The van der Waals surface area contributed by atoms with E-state index in [1.165, 1.54) is 6.20 Å². The van der Waals surface area contributed by atoms with Crippen LogP contribution < -0.4 is 22.1 Å². The number of carbonyl (C=O) groups excluding carboxylic acids is 1. The van der Waals surface area contributed by atoms with Crippen molar-refractivity contribution in [3.63, 3.8) is 0 Å². The number of methoxy groups -OCH3 is 1. The summed E-state index contributed by atoms with van der Waals surface area (Å²) in [5, 5.41) is 6.15. The van der Waals surface area contributed by atoms with Gasteiger partial charge in [-0.15, -0.1) is 0 Å². The Hall–Kier alpha value is -3.50. The minimum absolute atomic E-state index is 0.180. The van der Waals surface area contributed by atoms with Gasteiger partial charge in [-0.05, 0) is 18.2 Å². The number of aromatic nitrogens is 4. The molecule has 0 aliphatic carbocycles. The Morgan fingerprint density at radius 3 is 2.96 bits per heavy atom. The molecule has 0 fully saturated rings. The molecule has 1 amide bonds. The van der Waals surface area contributed by atoms with E-state index in [2.05, 4.69) is 25.6 Å². The van der Waals surface area contributed by atoms with Gasteiger partial charge >= 0.3 is 0 Å². The van der Waals surface area contributed by atoms with E-state index in [0.29, 0.717) is 24.9 Å². The van der Waals surface area contributed by atoms with E-state index in [-0.39, 0.29) is 11.6 Å². The summed E-state index contributed by atoms with van der Waals surface area (Å²) in [6.45, 7) is 0.817. The fourth-order valence-corrected chi connectivity index (χ4v) is 2.53. The van der Waals surface area contributed by atoms with Gasteiger partial charge in [0, 0.05) is 49.7 Å². The van der Waals surface area contributed by atoms with Crippen molar-refractivity contribution in [2.24, 2.45) is 11.5 Å². The number of amides is 1. The van der Waals surface area contributed by atoms with Gasteiger partial charge in [-0.25, -0.2) is 9.97 Å². The third-order valence-electron chi connectivity index (χ3n) is 3.87. The highest BCUT2D eigenvalue weighted by Gasteiger charge is 2.13. The lowest BCUT2D eigenvalue weighted by Crippen LogP contribution is -2.33. The molecule has 0 radical (unpaired) electrons. The summed E-state index contributed by atoms with van der Waals surface area (Å²) >= 11 is 0. The van der Waals surface area contributed by atoms with E-state index in [1.54, 1.807) is 19.6 Å². The van der Waals surface area contributed by atoms with Gasteiger partial charge in [0.15, 0.2) is 0 Å². The molecule has 0 saturated carbocycles. The SMILES string of the molecule is COCC(N)CNc1ncc(C(N)=O)c(Nc2cccc(-n3ccnc3)c2)n1. The second-order valence-corrected chi connectivity index (χ2v) is 6.06. The summed E-state index contributed by atoms with van der Waals surface area (Å²) in [5.41, 5.74) is 13.2. The van der Waals surface area contributed by atoms with Crippen molar-refractivity contribution in [2.75, 3.05) is 30.9 Å². The summed E-state index contributed by atoms with van der Waals surface area (Å²) in [5.74, 6) is -0.00573. The maximum Gasteiger partial charge on any atom is 0.254 e. The molecule has 0 bridgehead atoms. The number of nitrogens with zero attached hydrogens (tertiary/aromatic N) is 4. The predicted molar refractivity (Wildman–Crippen MR) is 106 cm³/mol. The second-order valence-electron chi connectivity index (χ2n) is 6.06. The average molecular weight is 382 g/mol.